The van der Waals surface area contributed by atoms with Gasteiger partial charge >= 0.3 is 6.18 Å². The van der Waals surface area contributed by atoms with Gasteiger partial charge in [-0.1, -0.05) is 48.9 Å². The maximum Gasteiger partial charge on any atom is 0.416 e. The second-order valence-electron chi connectivity index (χ2n) is 8.40. The first-order valence-electron chi connectivity index (χ1n) is 10.0. The van der Waals surface area contributed by atoms with Gasteiger partial charge < -0.3 is 5.11 Å². The monoisotopic (exact) mass is 389 g/mol. The fourth-order valence-electron chi connectivity index (χ4n) is 5.01. The van der Waals surface area contributed by atoms with Gasteiger partial charge in [0, 0.05) is 25.0 Å². The summed E-state index contributed by atoms with van der Waals surface area (Å²) in [6.45, 7) is 0.895. The second kappa shape index (κ2) is 7.53. The number of alkyl halides is 3. The second-order valence-corrected chi connectivity index (χ2v) is 8.40. The number of nitrogens with zero attached hydrogens (tertiary/aromatic N) is 1. The summed E-state index contributed by atoms with van der Waals surface area (Å²) in [4.78, 5) is 2.53. The fourth-order valence-corrected chi connectivity index (χ4v) is 5.01. The molecule has 2 unspecified atom stereocenters. The lowest BCUT2D eigenvalue weighted by Crippen LogP contribution is -2.58. The number of hydrogen-bond donors (Lipinski definition) is 1. The fraction of sp³-hybridized carbons (Fsp3) is 0.478. The molecule has 2 saturated heterocycles. The lowest BCUT2D eigenvalue weighted by atomic mass is 9.73. The van der Waals surface area contributed by atoms with Gasteiger partial charge in [0.05, 0.1) is 11.2 Å². The first-order chi connectivity index (χ1) is 13.3. The lowest BCUT2D eigenvalue weighted by Gasteiger charge is -2.52. The molecule has 2 aromatic carbocycles. The summed E-state index contributed by atoms with van der Waals surface area (Å²) in [5.74, 6) is 0. The third kappa shape index (κ3) is 4.26. The van der Waals surface area contributed by atoms with Crippen molar-refractivity contribution in [3.8, 4) is 0 Å². The number of rotatable bonds is 4. The molecule has 4 rings (SSSR count). The normalized spacial score (nSPS) is 28.3. The van der Waals surface area contributed by atoms with Crippen LogP contribution in [-0.2, 0) is 19.1 Å². The standard InChI is InChI=1S/C23H26F3NO/c24-23(25,26)19-11-9-17(10-12-19)13-22(28)14-20-7-4-8-21(15-22)27(20)16-18-5-2-1-3-6-18/h1-3,5-6,9-12,20-21,28H,4,7-8,13-16H2. The van der Waals surface area contributed by atoms with E-state index in [1.165, 1.54) is 24.1 Å². The molecule has 0 aliphatic carbocycles. The minimum Gasteiger partial charge on any atom is -0.389 e. The molecule has 150 valence electrons. The van der Waals surface area contributed by atoms with E-state index in [1.54, 1.807) is 0 Å². The van der Waals surface area contributed by atoms with Gasteiger partial charge in [-0.3, -0.25) is 4.90 Å². The molecule has 0 amide bonds. The summed E-state index contributed by atoms with van der Waals surface area (Å²) in [7, 11) is 0. The Morgan fingerprint density at radius 3 is 2.07 bits per heavy atom. The van der Waals surface area contributed by atoms with Gasteiger partial charge in [0.25, 0.3) is 0 Å². The zero-order valence-electron chi connectivity index (χ0n) is 15.8. The zero-order chi connectivity index (χ0) is 19.8. The van der Waals surface area contributed by atoms with E-state index in [9.17, 15) is 18.3 Å². The Labute approximate surface area is 164 Å². The van der Waals surface area contributed by atoms with Crippen molar-refractivity contribution in [3.05, 3.63) is 71.3 Å². The quantitative estimate of drug-likeness (QED) is 0.777. The van der Waals surface area contributed by atoms with E-state index in [2.05, 4.69) is 29.2 Å². The summed E-state index contributed by atoms with van der Waals surface area (Å²) in [5, 5.41) is 11.3. The Morgan fingerprint density at radius 2 is 1.50 bits per heavy atom. The van der Waals surface area contributed by atoms with Gasteiger partial charge in [0.2, 0.25) is 0 Å². The molecule has 2 aliphatic rings. The molecule has 2 aliphatic heterocycles. The Hall–Kier alpha value is -1.85. The number of aliphatic hydroxyl groups is 1. The highest BCUT2D eigenvalue weighted by molar-refractivity contribution is 5.26. The summed E-state index contributed by atoms with van der Waals surface area (Å²) in [6, 6.07) is 16.3. The van der Waals surface area contributed by atoms with E-state index in [4.69, 9.17) is 0 Å². The van der Waals surface area contributed by atoms with Gasteiger partial charge in [0.1, 0.15) is 0 Å². The van der Waals surface area contributed by atoms with Crippen LogP contribution in [0.15, 0.2) is 54.6 Å². The van der Waals surface area contributed by atoms with E-state index < -0.39 is 17.3 Å². The molecule has 1 N–H and O–H groups in total. The summed E-state index contributed by atoms with van der Waals surface area (Å²) >= 11 is 0. The Balaban J connectivity index is 1.46. The molecule has 0 aromatic heterocycles. The minimum absolute atomic E-state index is 0.326. The van der Waals surface area contributed by atoms with Crippen LogP contribution < -0.4 is 0 Å². The number of benzene rings is 2. The van der Waals surface area contributed by atoms with Gasteiger partial charge in [0.15, 0.2) is 0 Å². The Kier molecular flexibility index (Phi) is 5.23. The van der Waals surface area contributed by atoms with Crippen LogP contribution in [-0.4, -0.2) is 27.7 Å². The van der Waals surface area contributed by atoms with Crippen molar-refractivity contribution < 1.29 is 18.3 Å². The molecule has 5 heteroatoms. The van der Waals surface area contributed by atoms with Crippen molar-refractivity contribution in [2.75, 3.05) is 0 Å². The van der Waals surface area contributed by atoms with Gasteiger partial charge in [-0.25, -0.2) is 0 Å². The molecule has 2 bridgehead atoms. The van der Waals surface area contributed by atoms with Crippen LogP contribution in [0, 0.1) is 0 Å². The van der Waals surface area contributed by atoms with Crippen molar-refractivity contribution in [2.45, 2.75) is 68.9 Å². The molecule has 28 heavy (non-hydrogen) atoms. The van der Waals surface area contributed by atoms with Crippen molar-refractivity contribution in [2.24, 2.45) is 0 Å². The summed E-state index contributed by atoms with van der Waals surface area (Å²) in [6.07, 6.45) is 0.759. The molecule has 0 spiro atoms. The van der Waals surface area contributed by atoms with Crippen molar-refractivity contribution in [3.63, 3.8) is 0 Å². The molecule has 2 nitrogen and oxygen atoms in total. The third-order valence-corrected chi connectivity index (χ3v) is 6.27. The maximum atomic E-state index is 12.8. The number of hydrogen-bond acceptors (Lipinski definition) is 2. The zero-order valence-corrected chi connectivity index (χ0v) is 15.8. The molecular formula is C23H26F3NO. The van der Waals surface area contributed by atoms with Crippen molar-refractivity contribution in [1.82, 2.24) is 4.90 Å². The van der Waals surface area contributed by atoms with Gasteiger partial charge in [-0.05, 0) is 48.9 Å². The minimum atomic E-state index is -4.32. The van der Waals surface area contributed by atoms with Crippen molar-refractivity contribution >= 4 is 0 Å². The Morgan fingerprint density at radius 1 is 0.893 bits per heavy atom. The molecule has 2 atom stereocenters. The maximum absolute atomic E-state index is 12.8. The number of fused-ring (bicyclic) bond motifs is 2. The highest BCUT2D eigenvalue weighted by atomic mass is 19.4. The van der Waals surface area contributed by atoms with Crippen LogP contribution in [0.2, 0.25) is 0 Å². The average molecular weight is 389 g/mol. The number of halogens is 3. The highest BCUT2D eigenvalue weighted by Crippen LogP contribution is 2.41. The summed E-state index contributed by atoms with van der Waals surface area (Å²) < 4.78 is 38.3. The van der Waals surface area contributed by atoms with E-state index in [-0.39, 0.29) is 0 Å². The van der Waals surface area contributed by atoms with Crippen LogP contribution in [0.4, 0.5) is 13.2 Å². The average Bonchev–Trinajstić information content (AvgIpc) is 2.63. The van der Waals surface area contributed by atoms with E-state index in [0.717, 1.165) is 37.1 Å². The van der Waals surface area contributed by atoms with Crippen LogP contribution in [0.5, 0.6) is 0 Å². The first-order valence-corrected chi connectivity index (χ1v) is 10.0. The molecule has 2 aromatic rings. The van der Waals surface area contributed by atoms with Crippen molar-refractivity contribution in [1.29, 1.82) is 0 Å². The SMILES string of the molecule is OC1(Cc2ccc(C(F)(F)F)cc2)CC2CCCC(C1)N2Cc1ccccc1. The predicted molar refractivity (Wildman–Crippen MR) is 103 cm³/mol. The van der Waals surface area contributed by atoms with Gasteiger partial charge in [-0.15, -0.1) is 0 Å². The Bertz CT molecular complexity index is 774. The smallest absolute Gasteiger partial charge is 0.389 e. The van der Waals surface area contributed by atoms with E-state index in [1.807, 2.05) is 6.07 Å². The molecule has 0 radical (unpaired) electrons. The predicted octanol–water partition coefficient (Wildman–Crippen LogP) is 5.20. The molecule has 2 heterocycles. The van der Waals surface area contributed by atoms with Crippen LogP contribution in [0.1, 0.15) is 48.8 Å². The van der Waals surface area contributed by atoms with Gasteiger partial charge in [-0.2, -0.15) is 13.2 Å². The number of piperidine rings is 2. The summed E-state index contributed by atoms with van der Waals surface area (Å²) in [5.41, 5.74) is 0.568. The third-order valence-electron chi connectivity index (χ3n) is 6.27. The molecule has 0 saturated carbocycles. The molecular weight excluding hydrogens is 363 g/mol. The van der Waals surface area contributed by atoms with Crippen LogP contribution >= 0.6 is 0 Å². The molecule has 2 fully saturated rings. The van der Waals surface area contributed by atoms with E-state index >= 15 is 0 Å². The lowest BCUT2D eigenvalue weighted by molar-refractivity contribution is -0.137. The van der Waals surface area contributed by atoms with Crippen LogP contribution in [0.25, 0.3) is 0 Å². The topological polar surface area (TPSA) is 23.5 Å². The highest BCUT2D eigenvalue weighted by Gasteiger charge is 2.45. The first kappa shape index (κ1) is 19.5. The largest absolute Gasteiger partial charge is 0.416 e. The van der Waals surface area contributed by atoms with Crippen LogP contribution in [0.3, 0.4) is 0 Å². The van der Waals surface area contributed by atoms with E-state index in [0.29, 0.717) is 31.3 Å².